The van der Waals surface area contributed by atoms with E-state index in [2.05, 4.69) is 35.7 Å². The fourth-order valence-corrected chi connectivity index (χ4v) is 4.58. The standard InChI is InChI=1S/C26H23ClF2N8O4/c1-13(4-20(38)26(11-41-12-26)33-24(39)15-9-31-25(40-3)32-10-15)22-19(29)5-14(8-30-22)17-6-16(27)7-18(28)21(17)23-34-36-37(2)35-23/h5-10,13H,4,11-12H2,1-3H3,(H,33,39)/t13-/m0/s1. The van der Waals surface area contributed by atoms with Crippen LogP contribution in [0, 0.1) is 11.6 Å². The highest BCUT2D eigenvalue weighted by atomic mass is 35.5. The number of carbonyl (C=O) groups is 2. The molecule has 0 saturated carbocycles. The summed E-state index contributed by atoms with van der Waals surface area (Å²) in [6.45, 7) is 1.58. The second-order valence-corrected chi connectivity index (χ2v) is 9.96. The summed E-state index contributed by atoms with van der Waals surface area (Å²) in [5.41, 5.74) is -0.682. The van der Waals surface area contributed by atoms with Crippen LogP contribution in [-0.2, 0) is 16.6 Å². The van der Waals surface area contributed by atoms with E-state index in [4.69, 9.17) is 21.1 Å². The molecule has 0 radical (unpaired) electrons. The van der Waals surface area contributed by atoms with Crippen LogP contribution in [0.2, 0.25) is 5.02 Å². The maximum atomic E-state index is 15.4. The van der Waals surface area contributed by atoms with Crippen molar-refractivity contribution in [1.82, 2.24) is 40.5 Å². The van der Waals surface area contributed by atoms with E-state index in [0.29, 0.717) is 0 Å². The molecule has 1 aromatic carbocycles. The highest BCUT2D eigenvalue weighted by Gasteiger charge is 2.47. The molecule has 0 spiro atoms. The Morgan fingerprint density at radius 2 is 1.88 bits per heavy atom. The molecule has 4 aromatic rings. The van der Waals surface area contributed by atoms with E-state index in [0.717, 1.165) is 6.07 Å². The van der Waals surface area contributed by atoms with E-state index in [-0.39, 0.29) is 70.2 Å². The Hall–Kier alpha value is -4.43. The van der Waals surface area contributed by atoms with Crippen LogP contribution in [0.5, 0.6) is 6.01 Å². The highest BCUT2D eigenvalue weighted by Crippen LogP contribution is 2.36. The van der Waals surface area contributed by atoms with Gasteiger partial charge in [0.15, 0.2) is 5.78 Å². The van der Waals surface area contributed by atoms with Crippen molar-refractivity contribution < 1.29 is 27.8 Å². The van der Waals surface area contributed by atoms with Gasteiger partial charge >= 0.3 is 6.01 Å². The van der Waals surface area contributed by atoms with Crippen LogP contribution in [0.25, 0.3) is 22.5 Å². The van der Waals surface area contributed by atoms with Gasteiger partial charge in [0.1, 0.15) is 17.2 Å². The van der Waals surface area contributed by atoms with E-state index >= 15 is 4.39 Å². The number of hydrogen-bond acceptors (Lipinski definition) is 10. The van der Waals surface area contributed by atoms with Crippen LogP contribution >= 0.6 is 11.6 Å². The molecule has 5 rings (SSSR count). The molecule has 1 N–H and O–H groups in total. The zero-order chi connectivity index (χ0) is 29.3. The SMILES string of the molecule is COc1ncc(C(=O)NC2(C(=O)C[C@H](C)c3ncc(-c4cc(Cl)cc(F)c4-c4nnn(C)n4)cc3F)COC2)cn1. The molecule has 1 amide bonds. The highest BCUT2D eigenvalue weighted by molar-refractivity contribution is 6.31. The molecule has 1 fully saturated rings. The number of nitrogens with zero attached hydrogens (tertiary/aromatic N) is 7. The number of halogens is 3. The fraction of sp³-hybridized carbons (Fsp3) is 0.308. The van der Waals surface area contributed by atoms with Gasteiger partial charge in [0.2, 0.25) is 5.82 Å². The fourth-order valence-electron chi connectivity index (χ4n) is 4.38. The summed E-state index contributed by atoms with van der Waals surface area (Å²) in [6, 6.07) is 3.83. The van der Waals surface area contributed by atoms with Crippen LogP contribution in [0.15, 0.2) is 36.8 Å². The first-order valence-electron chi connectivity index (χ1n) is 12.3. The van der Waals surface area contributed by atoms with Gasteiger partial charge < -0.3 is 14.8 Å². The van der Waals surface area contributed by atoms with Crippen LogP contribution in [0.4, 0.5) is 8.78 Å². The van der Waals surface area contributed by atoms with Gasteiger partial charge in [-0.2, -0.15) is 4.80 Å². The number of aromatic nitrogens is 7. The van der Waals surface area contributed by atoms with Crippen molar-refractivity contribution in [2.75, 3.05) is 20.3 Å². The monoisotopic (exact) mass is 584 g/mol. The third kappa shape index (κ3) is 5.60. The van der Waals surface area contributed by atoms with E-state index in [1.807, 2.05) is 0 Å². The summed E-state index contributed by atoms with van der Waals surface area (Å²) < 4.78 is 40.4. The smallest absolute Gasteiger partial charge is 0.316 e. The van der Waals surface area contributed by atoms with Crippen molar-refractivity contribution >= 4 is 23.3 Å². The first kappa shape index (κ1) is 28.1. The molecule has 0 bridgehead atoms. The molecular weight excluding hydrogens is 562 g/mol. The van der Waals surface area contributed by atoms with E-state index in [9.17, 15) is 14.0 Å². The Kier molecular flexibility index (Phi) is 7.69. The number of Topliss-reactive ketones (excluding diaryl/α,β-unsaturated/α-hetero) is 1. The van der Waals surface area contributed by atoms with Crippen molar-refractivity contribution in [3.63, 3.8) is 0 Å². The first-order chi connectivity index (χ1) is 19.6. The number of ketones is 1. The van der Waals surface area contributed by atoms with Gasteiger partial charge in [0.25, 0.3) is 5.91 Å². The molecule has 0 aliphatic carbocycles. The molecule has 4 heterocycles. The van der Waals surface area contributed by atoms with Crippen LogP contribution in [0.1, 0.15) is 35.3 Å². The lowest BCUT2D eigenvalue weighted by molar-refractivity contribution is -0.144. The van der Waals surface area contributed by atoms with E-state index in [1.165, 1.54) is 49.7 Å². The summed E-state index contributed by atoms with van der Waals surface area (Å²) in [6.07, 6.45) is 3.78. The molecule has 1 aliphatic rings. The molecule has 1 saturated heterocycles. The number of amides is 1. The van der Waals surface area contributed by atoms with Gasteiger partial charge in [-0.15, -0.1) is 10.2 Å². The quantitative estimate of drug-likeness (QED) is 0.311. The molecular formula is C26H23ClF2N8O4. The van der Waals surface area contributed by atoms with Crippen molar-refractivity contribution in [2.45, 2.75) is 24.8 Å². The second kappa shape index (κ2) is 11.2. The zero-order valence-corrected chi connectivity index (χ0v) is 22.8. The zero-order valence-electron chi connectivity index (χ0n) is 22.1. The Bertz CT molecular complexity index is 1630. The number of hydrogen-bond donors (Lipinski definition) is 1. The molecule has 3 aromatic heterocycles. The minimum Gasteiger partial charge on any atom is -0.467 e. The Morgan fingerprint density at radius 3 is 2.46 bits per heavy atom. The minimum absolute atomic E-state index is 0.00335. The topological polar surface area (TPSA) is 147 Å². The number of nitrogens with one attached hydrogen (secondary N) is 1. The number of tetrazole rings is 1. The average molecular weight is 585 g/mol. The van der Waals surface area contributed by atoms with Gasteiger partial charge in [-0.3, -0.25) is 14.6 Å². The number of aryl methyl sites for hydroxylation is 1. The van der Waals surface area contributed by atoms with Crippen LogP contribution in [-0.4, -0.2) is 72.7 Å². The Morgan fingerprint density at radius 1 is 1.15 bits per heavy atom. The molecule has 41 heavy (non-hydrogen) atoms. The van der Waals surface area contributed by atoms with Crippen molar-refractivity contribution in [2.24, 2.45) is 7.05 Å². The lowest BCUT2D eigenvalue weighted by Crippen LogP contribution is -2.67. The third-order valence-corrected chi connectivity index (χ3v) is 6.80. The predicted molar refractivity (Wildman–Crippen MR) is 140 cm³/mol. The molecule has 0 unspecified atom stereocenters. The Balaban J connectivity index is 1.35. The lowest BCUT2D eigenvalue weighted by atomic mass is 9.85. The summed E-state index contributed by atoms with van der Waals surface area (Å²) in [7, 11) is 2.92. The lowest BCUT2D eigenvalue weighted by Gasteiger charge is -2.41. The Labute approximate surface area is 237 Å². The molecule has 1 atom stereocenters. The molecule has 1 aliphatic heterocycles. The van der Waals surface area contributed by atoms with Gasteiger partial charge in [-0.05, 0) is 29.0 Å². The van der Waals surface area contributed by atoms with Gasteiger partial charge in [0.05, 0.1) is 44.2 Å². The van der Waals surface area contributed by atoms with Crippen molar-refractivity contribution in [1.29, 1.82) is 0 Å². The first-order valence-corrected chi connectivity index (χ1v) is 12.7. The second-order valence-electron chi connectivity index (χ2n) is 9.52. The number of ether oxygens (including phenoxy) is 2. The van der Waals surface area contributed by atoms with Gasteiger partial charge in [-0.1, -0.05) is 18.5 Å². The number of carbonyl (C=O) groups excluding carboxylic acids is 2. The summed E-state index contributed by atoms with van der Waals surface area (Å²) in [5.74, 6) is -2.99. The van der Waals surface area contributed by atoms with Gasteiger partial charge in [0, 0.05) is 41.5 Å². The minimum atomic E-state index is -1.28. The number of pyridine rings is 1. The summed E-state index contributed by atoms with van der Waals surface area (Å²) in [4.78, 5) is 39.3. The van der Waals surface area contributed by atoms with Crippen LogP contribution in [0.3, 0.4) is 0 Å². The summed E-state index contributed by atoms with van der Waals surface area (Å²) >= 11 is 6.09. The molecule has 12 nitrogen and oxygen atoms in total. The van der Waals surface area contributed by atoms with E-state index < -0.39 is 29.0 Å². The number of methoxy groups -OCH3 is 1. The van der Waals surface area contributed by atoms with Gasteiger partial charge in [-0.25, -0.2) is 18.7 Å². The summed E-state index contributed by atoms with van der Waals surface area (Å²) in [5, 5.41) is 14.4. The normalized spacial score (nSPS) is 14.7. The van der Waals surface area contributed by atoms with Crippen molar-refractivity contribution in [3.05, 3.63) is 64.7 Å². The largest absolute Gasteiger partial charge is 0.467 e. The molecule has 15 heteroatoms. The van der Waals surface area contributed by atoms with Crippen LogP contribution < -0.4 is 10.1 Å². The molecule has 212 valence electrons. The number of benzene rings is 1. The maximum Gasteiger partial charge on any atom is 0.316 e. The number of rotatable bonds is 9. The third-order valence-electron chi connectivity index (χ3n) is 6.58. The maximum absolute atomic E-state index is 15.4. The predicted octanol–water partition coefficient (Wildman–Crippen LogP) is 2.93. The van der Waals surface area contributed by atoms with Crippen molar-refractivity contribution in [3.8, 4) is 28.5 Å². The average Bonchev–Trinajstić information content (AvgIpc) is 3.35. The van der Waals surface area contributed by atoms with E-state index in [1.54, 1.807) is 6.92 Å².